The molecule has 0 aliphatic carbocycles. The summed E-state index contributed by atoms with van der Waals surface area (Å²) in [5.74, 6) is -0.435. The van der Waals surface area contributed by atoms with Gasteiger partial charge in [0.1, 0.15) is 0 Å². The molecule has 0 saturated carbocycles. The van der Waals surface area contributed by atoms with Crippen LogP contribution in [0.3, 0.4) is 0 Å². The molecule has 0 radical (unpaired) electrons. The summed E-state index contributed by atoms with van der Waals surface area (Å²) in [7, 11) is 0. The average molecular weight is 410 g/mol. The van der Waals surface area contributed by atoms with Crippen molar-refractivity contribution < 1.29 is 14.3 Å². The van der Waals surface area contributed by atoms with Crippen LogP contribution in [0.1, 0.15) is 38.7 Å². The first-order valence-electron chi connectivity index (χ1n) is 10.4. The van der Waals surface area contributed by atoms with Crippen LogP contribution in [0.2, 0.25) is 0 Å². The van der Waals surface area contributed by atoms with Crippen LogP contribution in [0.5, 0.6) is 0 Å². The number of aryl methyl sites for hydroxylation is 3. The third-order valence-electron chi connectivity index (χ3n) is 5.58. The van der Waals surface area contributed by atoms with Crippen LogP contribution in [-0.2, 0) is 9.53 Å². The molecule has 1 fully saturated rings. The fourth-order valence-electron chi connectivity index (χ4n) is 3.64. The summed E-state index contributed by atoms with van der Waals surface area (Å²) in [6, 6.07) is 14.0. The highest BCUT2D eigenvalue weighted by atomic mass is 16.5. The summed E-state index contributed by atoms with van der Waals surface area (Å²) in [5.41, 5.74) is 5.12. The number of nitrogens with zero attached hydrogens (tertiary/aromatic N) is 1. The Hall–Kier alpha value is -2.70. The van der Waals surface area contributed by atoms with Gasteiger partial charge in [0.25, 0.3) is 5.91 Å². The van der Waals surface area contributed by atoms with Crippen LogP contribution in [0.25, 0.3) is 0 Å². The fourth-order valence-corrected chi connectivity index (χ4v) is 3.64. The summed E-state index contributed by atoms with van der Waals surface area (Å²) < 4.78 is 5.48. The SMILES string of the molecule is Cc1cccc(C(CNC(=O)CNC(=O)c2ccc(C)c(C)c2)N2CCOCC2)c1. The van der Waals surface area contributed by atoms with Gasteiger partial charge in [-0.05, 0) is 49.6 Å². The molecule has 30 heavy (non-hydrogen) atoms. The molecule has 160 valence electrons. The minimum absolute atomic E-state index is 0.0462. The zero-order valence-corrected chi connectivity index (χ0v) is 18.0. The first-order chi connectivity index (χ1) is 14.4. The first-order valence-corrected chi connectivity index (χ1v) is 10.4. The third kappa shape index (κ3) is 5.90. The summed E-state index contributed by atoms with van der Waals surface area (Å²) in [5, 5.41) is 5.70. The van der Waals surface area contributed by atoms with Gasteiger partial charge in [-0.15, -0.1) is 0 Å². The molecule has 6 nitrogen and oxygen atoms in total. The number of amides is 2. The van der Waals surface area contributed by atoms with E-state index in [-0.39, 0.29) is 24.4 Å². The van der Waals surface area contributed by atoms with Crippen molar-refractivity contribution in [2.24, 2.45) is 0 Å². The maximum absolute atomic E-state index is 12.4. The largest absolute Gasteiger partial charge is 0.379 e. The zero-order chi connectivity index (χ0) is 21.5. The first kappa shape index (κ1) is 22.0. The second-order valence-corrected chi connectivity index (χ2v) is 7.86. The predicted octanol–water partition coefficient (Wildman–Crippen LogP) is 2.53. The molecule has 6 heteroatoms. The van der Waals surface area contributed by atoms with Gasteiger partial charge in [0.2, 0.25) is 5.91 Å². The van der Waals surface area contributed by atoms with Gasteiger partial charge in [0.05, 0.1) is 25.8 Å². The van der Waals surface area contributed by atoms with E-state index in [1.165, 1.54) is 11.1 Å². The lowest BCUT2D eigenvalue weighted by Gasteiger charge is -2.35. The van der Waals surface area contributed by atoms with Crippen molar-refractivity contribution >= 4 is 11.8 Å². The summed E-state index contributed by atoms with van der Waals surface area (Å²) >= 11 is 0. The lowest BCUT2D eigenvalue weighted by molar-refractivity contribution is -0.120. The third-order valence-corrected chi connectivity index (χ3v) is 5.58. The van der Waals surface area contributed by atoms with Crippen LogP contribution in [-0.4, -0.2) is 56.1 Å². The van der Waals surface area contributed by atoms with Crippen LogP contribution in [0, 0.1) is 20.8 Å². The highest BCUT2D eigenvalue weighted by molar-refractivity contribution is 5.96. The molecule has 1 saturated heterocycles. The van der Waals surface area contributed by atoms with Crippen molar-refractivity contribution in [2.75, 3.05) is 39.4 Å². The number of ether oxygens (including phenoxy) is 1. The van der Waals surface area contributed by atoms with Gasteiger partial charge in [-0.1, -0.05) is 35.9 Å². The Morgan fingerprint density at radius 1 is 1.00 bits per heavy atom. The number of carbonyl (C=O) groups excluding carboxylic acids is 2. The zero-order valence-electron chi connectivity index (χ0n) is 18.0. The molecule has 2 N–H and O–H groups in total. The number of hydrogen-bond donors (Lipinski definition) is 2. The van der Waals surface area contributed by atoms with Gasteiger partial charge in [-0.3, -0.25) is 14.5 Å². The van der Waals surface area contributed by atoms with Crippen molar-refractivity contribution in [3.8, 4) is 0 Å². The van der Waals surface area contributed by atoms with E-state index in [1.54, 1.807) is 6.07 Å². The fraction of sp³-hybridized carbons (Fsp3) is 0.417. The highest BCUT2D eigenvalue weighted by Crippen LogP contribution is 2.22. The van der Waals surface area contributed by atoms with E-state index < -0.39 is 0 Å². The van der Waals surface area contributed by atoms with E-state index in [2.05, 4.69) is 40.7 Å². The molecular weight excluding hydrogens is 378 g/mol. The lowest BCUT2D eigenvalue weighted by Crippen LogP contribution is -2.45. The van der Waals surface area contributed by atoms with Gasteiger partial charge >= 0.3 is 0 Å². The van der Waals surface area contributed by atoms with E-state index >= 15 is 0 Å². The topological polar surface area (TPSA) is 70.7 Å². The molecule has 2 amide bonds. The van der Waals surface area contributed by atoms with Crippen molar-refractivity contribution in [3.05, 3.63) is 70.3 Å². The van der Waals surface area contributed by atoms with Crippen LogP contribution in [0.4, 0.5) is 0 Å². The molecule has 0 spiro atoms. The Morgan fingerprint density at radius 3 is 2.47 bits per heavy atom. The number of hydrogen-bond acceptors (Lipinski definition) is 4. The summed E-state index contributed by atoms with van der Waals surface area (Å²) in [4.78, 5) is 27.1. The normalized spacial score (nSPS) is 15.4. The van der Waals surface area contributed by atoms with Crippen LogP contribution >= 0.6 is 0 Å². The summed E-state index contributed by atoms with van der Waals surface area (Å²) in [6.45, 7) is 9.54. The minimum Gasteiger partial charge on any atom is -0.379 e. The second-order valence-electron chi connectivity index (χ2n) is 7.86. The van der Waals surface area contributed by atoms with Crippen molar-refractivity contribution in [1.29, 1.82) is 0 Å². The number of rotatable bonds is 7. The molecule has 2 aromatic rings. The van der Waals surface area contributed by atoms with E-state index in [0.29, 0.717) is 25.3 Å². The van der Waals surface area contributed by atoms with Gasteiger partial charge in [-0.25, -0.2) is 0 Å². The Labute approximate surface area is 178 Å². The minimum atomic E-state index is -0.239. The van der Waals surface area contributed by atoms with Crippen molar-refractivity contribution in [1.82, 2.24) is 15.5 Å². The molecule has 1 unspecified atom stereocenters. The standard InChI is InChI=1S/C24H31N3O3/c1-17-5-4-6-20(13-17)22(27-9-11-30-12-10-27)15-25-23(28)16-26-24(29)21-8-7-18(2)19(3)14-21/h4-8,13-14,22H,9-12,15-16H2,1-3H3,(H,25,28)(H,26,29). The van der Waals surface area contributed by atoms with Gasteiger partial charge < -0.3 is 15.4 Å². The molecule has 1 aliphatic rings. The molecule has 1 aliphatic heterocycles. The van der Waals surface area contributed by atoms with Gasteiger partial charge in [-0.2, -0.15) is 0 Å². The number of carbonyl (C=O) groups is 2. The van der Waals surface area contributed by atoms with Crippen LogP contribution in [0.15, 0.2) is 42.5 Å². The molecule has 0 aromatic heterocycles. The molecule has 0 bridgehead atoms. The molecule has 2 aromatic carbocycles. The van der Waals surface area contributed by atoms with E-state index in [0.717, 1.165) is 24.2 Å². The highest BCUT2D eigenvalue weighted by Gasteiger charge is 2.23. The maximum Gasteiger partial charge on any atom is 0.251 e. The number of morpholine rings is 1. The Balaban J connectivity index is 1.57. The monoisotopic (exact) mass is 409 g/mol. The van der Waals surface area contributed by atoms with Gasteiger partial charge in [0, 0.05) is 25.2 Å². The van der Waals surface area contributed by atoms with Gasteiger partial charge in [0.15, 0.2) is 0 Å². The average Bonchev–Trinajstić information content (AvgIpc) is 2.75. The predicted molar refractivity (Wildman–Crippen MR) is 118 cm³/mol. The Morgan fingerprint density at radius 2 is 1.77 bits per heavy atom. The maximum atomic E-state index is 12.4. The smallest absolute Gasteiger partial charge is 0.251 e. The molecular formula is C24H31N3O3. The van der Waals surface area contributed by atoms with E-state index in [9.17, 15) is 9.59 Å². The van der Waals surface area contributed by atoms with Crippen molar-refractivity contribution in [2.45, 2.75) is 26.8 Å². The molecule has 1 atom stereocenters. The van der Waals surface area contributed by atoms with Crippen LogP contribution < -0.4 is 10.6 Å². The number of benzene rings is 2. The quantitative estimate of drug-likeness (QED) is 0.737. The lowest BCUT2D eigenvalue weighted by atomic mass is 10.0. The second kappa shape index (κ2) is 10.4. The summed E-state index contributed by atoms with van der Waals surface area (Å²) in [6.07, 6.45) is 0. The Bertz CT molecular complexity index is 891. The van der Waals surface area contributed by atoms with Crippen molar-refractivity contribution in [3.63, 3.8) is 0 Å². The molecule has 3 rings (SSSR count). The molecule has 1 heterocycles. The Kier molecular flexibility index (Phi) is 7.60. The van der Waals surface area contributed by atoms with E-state index in [1.807, 2.05) is 32.0 Å². The number of nitrogens with one attached hydrogen (secondary N) is 2. The van der Waals surface area contributed by atoms with E-state index in [4.69, 9.17) is 4.74 Å².